The molecule has 0 bridgehead atoms. The Balaban J connectivity index is 2.98. The van der Waals surface area contributed by atoms with Crippen LogP contribution in [0.2, 0.25) is 0 Å². The molecule has 1 aromatic heterocycles. The molecule has 0 fully saturated rings. The van der Waals surface area contributed by atoms with Crippen LogP contribution in [0.25, 0.3) is 0 Å². The van der Waals surface area contributed by atoms with Gasteiger partial charge in [-0.3, -0.25) is 9.78 Å². The highest BCUT2D eigenvalue weighted by atomic mass is 16.2. The molecule has 0 aliphatic rings. The SMILES string of the molecule is CCN(C(=O)c1cc(N)cnc1C)C(C)CN(C)C. The molecule has 2 N–H and O–H groups in total. The Bertz CT molecular complexity index is 445. The number of nitrogens with two attached hydrogens (primary N) is 1. The number of likely N-dealkylation sites (N-methyl/N-ethyl adjacent to an activating group) is 2. The summed E-state index contributed by atoms with van der Waals surface area (Å²) in [6, 6.07) is 1.85. The molecule has 0 saturated carbocycles. The second-order valence-electron chi connectivity index (χ2n) is 5.10. The van der Waals surface area contributed by atoms with Gasteiger partial charge in [0.25, 0.3) is 5.91 Å². The topological polar surface area (TPSA) is 62.5 Å². The highest BCUT2D eigenvalue weighted by Gasteiger charge is 2.22. The van der Waals surface area contributed by atoms with Crippen LogP contribution in [0.15, 0.2) is 12.3 Å². The molecular weight excluding hydrogens is 240 g/mol. The van der Waals surface area contributed by atoms with Crippen LogP contribution >= 0.6 is 0 Å². The van der Waals surface area contributed by atoms with Crippen LogP contribution in [0.3, 0.4) is 0 Å². The molecule has 1 heterocycles. The summed E-state index contributed by atoms with van der Waals surface area (Å²) in [6.07, 6.45) is 1.58. The molecule has 0 radical (unpaired) electrons. The van der Waals surface area contributed by atoms with Gasteiger partial charge in [-0.25, -0.2) is 0 Å². The van der Waals surface area contributed by atoms with E-state index in [1.54, 1.807) is 12.3 Å². The molecule has 1 aromatic rings. The maximum atomic E-state index is 12.6. The first-order chi connectivity index (χ1) is 8.86. The maximum Gasteiger partial charge on any atom is 0.256 e. The lowest BCUT2D eigenvalue weighted by Crippen LogP contribution is -2.44. The molecule has 1 unspecified atom stereocenters. The molecule has 0 saturated heterocycles. The van der Waals surface area contributed by atoms with Gasteiger partial charge in [0, 0.05) is 19.1 Å². The third-order valence-electron chi connectivity index (χ3n) is 3.10. The van der Waals surface area contributed by atoms with Gasteiger partial charge in [-0.2, -0.15) is 0 Å². The fraction of sp³-hybridized carbons (Fsp3) is 0.571. The molecule has 5 heteroatoms. The Kier molecular flexibility index (Phi) is 5.30. The van der Waals surface area contributed by atoms with Gasteiger partial charge in [0.2, 0.25) is 0 Å². The third kappa shape index (κ3) is 3.92. The van der Waals surface area contributed by atoms with Crippen LogP contribution in [0.1, 0.15) is 29.9 Å². The monoisotopic (exact) mass is 264 g/mol. The van der Waals surface area contributed by atoms with E-state index < -0.39 is 0 Å². The molecule has 106 valence electrons. The van der Waals surface area contributed by atoms with Crippen molar-refractivity contribution < 1.29 is 4.79 Å². The second-order valence-corrected chi connectivity index (χ2v) is 5.10. The lowest BCUT2D eigenvalue weighted by Gasteiger charge is -2.30. The van der Waals surface area contributed by atoms with Gasteiger partial charge < -0.3 is 15.5 Å². The Labute approximate surface area is 115 Å². The zero-order valence-electron chi connectivity index (χ0n) is 12.5. The van der Waals surface area contributed by atoms with Crippen molar-refractivity contribution in [3.63, 3.8) is 0 Å². The molecule has 5 nitrogen and oxygen atoms in total. The van der Waals surface area contributed by atoms with Crippen molar-refractivity contribution in [2.24, 2.45) is 0 Å². The number of hydrogen-bond acceptors (Lipinski definition) is 4. The quantitative estimate of drug-likeness (QED) is 0.873. The number of carbonyl (C=O) groups is 1. The average molecular weight is 264 g/mol. The molecule has 19 heavy (non-hydrogen) atoms. The second kappa shape index (κ2) is 6.52. The molecule has 0 aliphatic heterocycles. The molecular formula is C14H24N4O. The van der Waals surface area contributed by atoms with E-state index in [9.17, 15) is 4.79 Å². The van der Waals surface area contributed by atoms with Gasteiger partial charge in [-0.05, 0) is 40.9 Å². The summed E-state index contributed by atoms with van der Waals surface area (Å²) in [6.45, 7) is 7.36. The Morgan fingerprint density at radius 1 is 1.47 bits per heavy atom. The van der Waals surface area contributed by atoms with Crippen molar-refractivity contribution in [2.75, 3.05) is 32.9 Å². The Hall–Kier alpha value is -1.62. The summed E-state index contributed by atoms with van der Waals surface area (Å²) >= 11 is 0. The smallest absolute Gasteiger partial charge is 0.256 e. The van der Waals surface area contributed by atoms with E-state index >= 15 is 0 Å². The lowest BCUT2D eigenvalue weighted by atomic mass is 10.1. The van der Waals surface area contributed by atoms with Crippen LogP contribution in [0, 0.1) is 6.92 Å². The number of nitrogens with zero attached hydrogens (tertiary/aromatic N) is 3. The van der Waals surface area contributed by atoms with Gasteiger partial charge in [0.05, 0.1) is 23.1 Å². The van der Waals surface area contributed by atoms with Crippen molar-refractivity contribution >= 4 is 11.6 Å². The van der Waals surface area contributed by atoms with E-state index in [1.807, 2.05) is 32.8 Å². The molecule has 1 rings (SSSR count). The minimum absolute atomic E-state index is 0.00542. The van der Waals surface area contributed by atoms with Crippen molar-refractivity contribution in [1.29, 1.82) is 0 Å². The number of carbonyl (C=O) groups excluding carboxylic acids is 1. The standard InChI is InChI=1S/C14H24N4O/c1-6-18(10(2)9-17(4)5)14(19)13-7-12(15)8-16-11(13)3/h7-8,10H,6,9,15H2,1-5H3. The van der Waals surface area contributed by atoms with Gasteiger partial charge in [-0.15, -0.1) is 0 Å². The van der Waals surface area contributed by atoms with Crippen molar-refractivity contribution in [2.45, 2.75) is 26.8 Å². The van der Waals surface area contributed by atoms with Crippen molar-refractivity contribution in [3.05, 3.63) is 23.5 Å². The number of nitrogen functional groups attached to an aromatic ring is 1. The fourth-order valence-electron chi connectivity index (χ4n) is 2.20. The van der Waals surface area contributed by atoms with E-state index in [1.165, 1.54) is 0 Å². The number of rotatable bonds is 5. The first-order valence-corrected chi connectivity index (χ1v) is 6.54. The molecule has 1 amide bonds. The molecule has 0 aromatic carbocycles. The number of anilines is 1. The summed E-state index contributed by atoms with van der Waals surface area (Å²) in [4.78, 5) is 20.7. The first kappa shape index (κ1) is 15.4. The number of aromatic nitrogens is 1. The minimum atomic E-state index is -0.00542. The number of pyridine rings is 1. The van der Waals surface area contributed by atoms with Crippen molar-refractivity contribution in [3.8, 4) is 0 Å². The highest BCUT2D eigenvalue weighted by Crippen LogP contribution is 2.14. The first-order valence-electron chi connectivity index (χ1n) is 6.54. The van der Waals surface area contributed by atoms with E-state index in [4.69, 9.17) is 5.73 Å². The van der Waals surface area contributed by atoms with Gasteiger partial charge in [0.1, 0.15) is 0 Å². The largest absolute Gasteiger partial charge is 0.397 e. The van der Waals surface area contributed by atoms with Crippen LogP contribution in [0.4, 0.5) is 5.69 Å². The number of hydrogen-bond donors (Lipinski definition) is 1. The predicted molar refractivity (Wildman–Crippen MR) is 78.1 cm³/mol. The van der Waals surface area contributed by atoms with Crippen molar-refractivity contribution in [1.82, 2.24) is 14.8 Å². The van der Waals surface area contributed by atoms with Gasteiger partial charge >= 0.3 is 0 Å². The summed E-state index contributed by atoms with van der Waals surface area (Å²) in [7, 11) is 4.00. The molecule has 1 atom stereocenters. The Morgan fingerprint density at radius 3 is 2.63 bits per heavy atom. The molecule has 0 spiro atoms. The third-order valence-corrected chi connectivity index (χ3v) is 3.10. The van der Waals surface area contributed by atoms with Crippen LogP contribution < -0.4 is 5.73 Å². The zero-order valence-corrected chi connectivity index (χ0v) is 12.5. The number of aryl methyl sites for hydroxylation is 1. The number of amides is 1. The summed E-state index contributed by atoms with van der Waals surface area (Å²) in [5, 5.41) is 0. The van der Waals surface area contributed by atoms with Crippen LogP contribution in [0.5, 0.6) is 0 Å². The Morgan fingerprint density at radius 2 is 2.11 bits per heavy atom. The lowest BCUT2D eigenvalue weighted by molar-refractivity contribution is 0.0678. The van der Waals surface area contributed by atoms with E-state index in [-0.39, 0.29) is 11.9 Å². The maximum absolute atomic E-state index is 12.6. The van der Waals surface area contributed by atoms with Crippen LogP contribution in [-0.2, 0) is 0 Å². The minimum Gasteiger partial charge on any atom is -0.397 e. The summed E-state index contributed by atoms with van der Waals surface area (Å²) in [5.74, 6) is -0.00542. The normalized spacial score (nSPS) is 12.5. The van der Waals surface area contributed by atoms with Gasteiger partial charge in [-0.1, -0.05) is 0 Å². The summed E-state index contributed by atoms with van der Waals surface area (Å²) in [5.41, 5.74) is 7.55. The van der Waals surface area contributed by atoms with E-state index in [2.05, 4.69) is 16.8 Å². The molecule has 0 aliphatic carbocycles. The zero-order chi connectivity index (χ0) is 14.6. The summed E-state index contributed by atoms with van der Waals surface area (Å²) < 4.78 is 0. The van der Waals surface area contributed by atoms with E-state index in [0.29, 0.717) is 17.8 Å². The van der Waals surface area contributed by atoms with E-state index in [0.717, 1.165) is 12.2 Å². The highest BCUT2D eigenvalue weighted by molar-refractivity contribution is 5.96. The fourth-order valence-corrected chi connectivity index (χ4v) is 2.20. The predicted octanol–water partition coefficient (Wildman–Crippen LogP) is 1.38. The van der Waals surface area contributed by atoms with Gasteiger partial charge in [0.15, 0.2) is 0 Å². The van der Waals surface area contributed by atoms with Crippen LogP contribution in [-0.4, -0.2) is 53.9 Å². The average Bonchev–Trinajstić information content (AvgIpc) is 2.32.